The molecule has 0 heterocycles. The summed E-state index contributed by atoms with van der Waals surface area (Å²) in [7, 11) is 0.986. The third kappa shape index (κ3) is 4.96. The largest absolute Gasteiger partial charge is 0.493 e. The number of sulfonamides is 1. The van der Waals surface area contributed by atoms with Crippen molar-refractivity contribution in [3.63, 3.8) is 0 Å². The molecule has 0 radical (unpaired) electrons. The Hall–Kier alpha value is -2.58. The van der Waals surface area contributed by atoms with Crippen molar-refractivity contribution in [3.8, 4) is 11.5 Å². The van der Waals surface area contributed by atoms with Crippen molar-refractivity contribution in [3.05, 3.63) is 48.0 Å². The lowest BCUT2D eigenvalue weighted by Gasteiger charge is -2.10. The van der Waals surface area contributed by atoms with E-state index in [0.717, 1.165) is 5.56 Å². The second-order valence-electron chi connectivity index (χ2n) is 5.47. The molecule has 2 aromatic carbocycles. The maximum absolute atomic E-state index is 12.1. The van der Waals surface area contributed by atoms with Gasteiger partial charge in [-0.1, -0.05) is 12.1 Å². The lowest BCUT2D eigenvalue weighted by molar-refractivity contribution is -0.116. The molecule has 0 unspecified atom stereocenters. The van der Waals surface area contributed by atoms with Crippen molar-refractivity contribution in [2.24, 2.45) is 0 Å². The van der Waals surface area contributed by atoms with Crippen molar-refractivity contribution in [1.29, 1.82) is 0 Å². The number of anilines is 1. The summed E-state index contributed by atoms with van der Waals surface area (Å²) in [6, 6.07) is 11.6. The molecular weight excluding hydrogens is 356 g/mol. The summed E-state index contributed by atoms with van der Waals surface area (Å²) in [6.07, 6.45) is 0.769. The van der Waals surface area contributed by atoms with Crippen LogP contribution in [-0.2, 0) is 21.2 Å². The van der Waals surface area contributed by atoms with Gasteiger partial charge in [0.25, 0.3) is 0 Å². The molecule has 0 aliphatic carbocycles. The topological polar surface area (TPSA) is 93.7 Å². The van der Waals surface area contributed by atoms with Crippen molar-refractivity contribution in [2.45, 2.75) is 17.7 Å². The van der Waals surface area contributed by atoms with Crippen LogP contribution in [0, 0.1) is 0 Å². The van der Waals surface area contributed by atoms with Crippen LogP contribution in [0.2, 0.25) is 0 Å². The van der Waals surface area contributed by atoms with E-state index in [-0.39, 0.29) is 17.2 Å². The number of aryl methyl sites for hydroxylation is 1. The third-order valence-corrected chi connectivity index (χ3v) is 5.24. The van der Waals surface area contributed by atoms with Gasteiger partial charge in [-0.25, -0.2) is 13.1 Å². The fourth-order valence-corrected chi connectivity index (χ4v) is 3.08. The van der Waals surface area contributed by atoms with Crippen molar-refractivity contribution in [2.75, 3.05) is 26.6 Å². The highest BCUT2D eigenvalue weighted by Crippen LogP contribution is 2.29. The Bertz CT molecular complexity index is 864. The summed E-state index contributed by atoms with van der Waals surface area (Å²) < 4.78 is 36.0. The quantitative estimate of drug-likeness (QED) is 0.734. The van der Waals surface area contributed by atoms with E-state index in [0.29, 0.717) is 23.6 Å². The Morgan fingerprint density at radius 2 is 1.65 bits per heavy atom. The van der Waals surface area contributed by atoms with Gasteiger partial charge < -0.3 is 14.8 Å². The van der Waals surface area contributed by atoms with Gasteiger partial charge in [0.05, 0.1) is 19.1 Å². The van der Waals surface area contributed by atoms with Gasteiger partial charge in [-0.2, -0.15) is 0 Å². The summed E-state index contributed by atoms with van der Waals surface area (Å²) in [4.78, 5) is 12.3. The molecule has 0 aromatic heterocycles. The van der Waals surface area contributed by atoms with E-state index in [4.69, 9.17) is 9.47 Å². The number of nitrogens with one attached hydrogen (secondary N) is 2. The zero-order valence-electron chi connectivity index (χ0n) is 14.9. The minimum atomic E-state index is -3.45. The average molecular weight is 378 g/mol. The Morgan fingerprint density at radius 3 is 2.23 bits per heavy atom. The van der Waals surface area contributed by atoms with E-state index in [1.54, 1.807) is 37.4 Å². The normalized spacial score (nSPS) is 11.0. The van der Waals surface area contributed by atoms with Crippen LogP contribution in [0.1, 0.15) is 12.0 Å². The summed E-state index contributed by atoms with van der Waals surface area (Å²) in [6.45, 7) is 0. The maximum atomic E-state index is 12.1. The van der Waals surface area contributed by atoms with E-state index in [1.807, 2.05) is 0 Å². The van der Waals surface area contributed by atoms with Crippen LogP contribution in [0.25, 0.3) is 0 Å². The summed E-state index contributed by atoms with van der Waals surface area (Å²) in [5, 5.41) is 2.80. The average Bonchev–Trinajstić information content (AvgIpc) is 2.66. The SMILES string of the molecule is CNS(=O)(=O)c1ccc(CCC(=O)Nc2ccc(OC)c(OC)c2)cc1. The summed E-state index contributed by atoms with van der Waals surface area (Å²) >= 11 is 0. The van der Waals surface area contributed by atoms with Crippen LogP contribution in [0.5, 0.6) is 11.5 Å². The molecule has 0 bridgehead atoms. The minimum Gasteiger partial charge on any atom is -0.493 e. The molecular formula is C18H22N2O5S. The first-order chi connectivity index (χ1) is 12.4. The van der Waals surface area contributed by atoms with Crippen LogP contribution >= 0.6 is 0 Å². The van der Waals surface area contributed by atoms with E-state index >= 15 is 0 Å². The predicted octanol–water partition coefficient (Wildman–Crippen LogP) is 2.18. The molecule has 7 nitrogen and oxygen atoms in total. The number of amides is 1. The van der Waals surface area contributed by atoms with Crippen LogP contribution in [0.4, 0.5) is 5.69 Å². The van der Waals surface area contributed by atoms with Gasteiger partial charge in [0.1, 0.15) is 0 Å². The molecule has 0 saturated carbocycles. The second kappa shape index (κ2) is 8.68. The molecule has 2 rings (SSSR count). The van der Waals surface area contributed by atoms with Crippen LogP contribution in [0.3, 0.4) is 0 Å². The van der Waals surface area contributed by atoms with Crippen molar-refractivity contribution in [1.82, 2.24) is 4.72 Å². The van der Waals surface area contributed by atoms with Gasteiger partial charge in [-0.15, -0.1) is 0 Å². The van der Waals surface area contributed by atoms with Gasteiger partial charge in [-0.3, -0.25) is 4.79 Å². The Labute approximate surface area is 153 Å². The smallest absolute Gasteiger partial charge is 0.240 e. The summed E-state index contributed by atoms with van der Waals surface area (Å²) in [5.41, 5.74) is 1.49. The molecule has 1 amide bonds. The maximum Gasteiger partial charge on any atom is 0.240 e. The highest BCUT2D eigenvalue weighted by molar-refractivity contribution is 7.89. The molecule has 0 fully saturated rings. The molecule has 0 spiro atoms. The van der Waals surface area contributed by atoms with Gasteiger partial charge in [0, 0.05) is 18.2 Å². The van der Waals surface area contributed by atoms with Gasteiger partial charge in [0.2, 0.25) is 15.9 Å². The fraction of sp³-hybridized carbons (Fsp3) is 0.278. The van der Waals surface area contributed by atoms with E-state index in [1.165, 1.54) is 26.3 Å². The number of hydrogen-bond acceptors (Lipinski definition) is 5. The van der Waals surface area contributed by atoms with E-state index in [2.05, 4.69) is 10.0 Å². The molecule has 0 saturated heterocycles. The fourth-order valence-electron chi connectivity index (χ4n) is 2.35. The van der Waals surface area contributed by atoms with Crippen LogP contribution < -0.4 is 19.5 Å². The molecule has 0 atom stereocenters. The van der Waals surface area contributed by atoms with Crippen LogP contribution in [0.15, 0.2) is 47.4 Å². The number of rotatable bonds is 8. The standard InChI is InChI=1S/C18H22N2O5S/c1-19-26(22,23)15-8-4-13(5-9-15)6-11-18(21)20-14-7-10-16(24-2)17(12-14)25-3/h4-5,7-10,12,19H,6,11H2,1-3H3,(H,20,21). The highest BCUT2D eigenvalue weighted by atomic mass is 32.2. The monoisotopic (exact) mass is 378 g/mol. The minimum absolute atomic E-state index is 0.149. The number of ether oxygens (including phenoxy) is 2. The lowest BCUT2D eigenvalue weighted by Crippen LogP contribution is -2.18. The molecule has 2 N–H and O–H groups in total. The Balaban J connectivity index is 1.95. The number of carbonyl (C=O) groups excluding carboxylic acids is 1. The number of methoxy groups -OCH3 is 2. The molecule has 0 aliphatic rings. The molecule has 26 heavy (non-hydrogen) atoms. The van der Waals surface area contributed by atoms with Gasteiger partial charge in [0.15, 0.2) is 11.5 Å². The Kier molecular flexibility index (Phi) is 6.59. The number of benzene rings is 2. The van der Waals surface area contributed by atoms with Crippen LogP contribution in [-0.4, -0.2) is 35.6 Å². The van der Waals surface area contributed by atoms with E-state index < -0.39 is 10.0 Å². The lowest BCUT2D eigenvalue weighted by atomic mass is 10.1. The molecule has 8 heteroatoms. The summed E-state index contributed by atoms with van der Waals surface area (Å²) in [5.74, 6) is 0.970. The molecule has 0 aliphatic heterocycles. The zero-order valence-corrected chi connectivity index (χ0v) is 15.7. The number of hydrogen-bond donors (Lipinski definition) is 2. The van der Waals surface area contributed by atoms with Crippen molar-refractivity contribution < 1.29 is 22.7 Å². The predicted molar refractivity (Wildman–Crippen MR) is 99.2 cm³/mol. The van der Waals surface area contributed by atoms with E-state index in [9.17, 15) is 13.2 Å². The first kappa shape index (κ1) is 19.7. The van der Waals surface area contributed by atoms with Gasteiger partial charge in [-0.05, 0) is 43.3 Å². The second-order valence-corrected chi connectivity index (χ2v) is 7.36. The van der Waals surface area contributed by atoms with Gasteiger partial charge >= 0.3 is 0 Å². The van der Waals surface area contributed by atoms with Crippen molar-refractivity contribution >= 4 is 21.6 Å². The zero-order chi connectivity index (χ0) is 19.2. The first-order valence-electron chi connectivity index (χ1n) is 7.94. The first-order valence-corrected chi connectivity index (χ1v) is 9.42. The number of carbonyl (C=O) groups is 1. The highest BCUT2D eigenvalue weighted by Gasteiger charge is 2.11. The third-order valence-electron chi connectivity index (χ3n) is 3.81. The Morgan fingerprint density at radius 1 is 1.00 bits per heavy atom. The molecule has 2 aromatic rings. The molecule has 140 valence electrons.